The number of rotatable bonds is 1. The van der Waals surface area contributed by atoms with E-state index in [0.29, 0.717) is 5.54 Å². The van der Waals surface area contributed by atoms with Crippen LogP contribution in [0.15, 0.2) is 0 Å². The highest BCUT2D eigenvalue weighted by atomic mass is 16.5. The molecule has 4 heterocycles. The number of ether oxygens (including phenoxy) is 1. The molecule has 1 N–H and O–H groups in total. The standard InChI is InChI=1S/C9H16N2O/c1-9(5-12-6-9)11-3-7-2-8(4-11)10-7/h7-8,10H,2-6H2,1H3. The minimum atomic E-state index is 0.374. The molecule has 4 rings (SSSR count). The van der Waals surface area contributed by atoms with Gasteiger partial charge in [-0.05, 0) is 13.3 Å². The van der Waals surface area contributed by atoms with Crippen molar-refractivity contribution >= 4 is 0 Å². The molecule has 4 saturated heterocycles. The van der Waals surface area contributed by atoms with Crippen molar-refractivity contribution in [2.45, 2.75) is 31.0 Å². The van der Waals surface area contributed by atoms with Gasteiger partial charge in [0, 0.05) is 25.2 Å². The predicted molar refractivity (Wildman–Crippen MR) is 46.1 cm³/mol. The smallest absolute Gasteiger partial charge is 0.0671 e. The van der Waals surface area contributed by atoms with Crippen LogP contribution in [0.4, 0.5) is 0 Å². The molecular formula is C9H16N2O. The van der Waals surface area contributed by atoms with Gasteiger partial charge in [-0.2, -0.15) is 0 Å². The van der Waals surface area contributed by atoms with Gasteiger partial charge < -0.3 is 10.1 Å². The first-order valence-electron chi connectivity index (χ1n) is 4.85. The van der Waals surface area contributed by atoms with E-state index >= 15 is 0 Å². The second kappa shape index (κ2) is 2.22. The number of hydrogen-bond donors (Lipinski definition) is 1. The lowest BCUT2D eigenvalue weighted by Gasteiger charge is -2.56. The summed E-state index contributed by atoms with van der Waals surface area (Å²) in [4.78, 5) is 2.60. The molecule has 2 bridgehead atoms. The molecule has 0 aromatic rings. The second-order valence-corrected chi connectivity index (χ2v) is 4.69. The van der Waals surface area contributed by atoms with E-state index in [2.05, 4.69) is 17.1 Å². The van der Waals surface area contributed by atoms with E-state index in [9.17, 15) is 0 Å². The average Bonchev–Trinajstić information content (AvgIpc) is 1.99. The Morgan fingerprint density at radius 1 is 1.33 bits per heavy atom. The van der Waals surface area contributed by atoms with Crippen molar-refractivity contribution in [3.8, 4) is 0 Å². The highest BCUT2D eigenvalue weighted by Crippen LogP contribution is 2.31. The van der Waals surface area contributed by atoms with Crippen molar-refractivity contribution in [2.75, 3.05) is 26.3 Å². The van der Waals surface area contributed by atoms with Crippen LogP contribution in [-0.2, 0) is 4.74 Å². The zero-order chi connectivity index (χ0) is 8.18. The van der Waals surface area contributed by atoms with Gasteiger partial charge in [0.25, 0.3) is 0 Å². The fraction of sp³-hybridized carbons (Fsp3) is 1.00. The monoisotopic (exact) mass is 168 g/mol. The first kappa shape index (κ1) is 7.30. The molecular weight excluding hydrogens is 152 g/mol. The Morgan fingerprint density at radius 2 is 1.92 bits per heavy atom. The summed E-state index contributed by atoms with van der Waals surface area (Å²) < 4.78 is 5.28. The lowest BCUT2D eigenvalue weighted by molar-refractivity contribution is -0.151. The molecule has 4 aliphatic rings. The average molecular weight is 168 g/mol. The number of nitrogens with zero attached hydrogens (tertiary/aromatic N) is 1. The molecule has 0 aromatic carbocycles. The van der Waals surface area contributed by atoms with Gasteiger partial charge in [0.15, 0.2) is 0 Å². The Bertz CT molecular complexity index is 187. The van der Waals surface area contributed by atoms with Crippen LogP contribution in [0, 0.1) is 0 Å². The fourth-order valence-electron chi connectivity index (χ4n) is 2.53. The summed E-state index contributed by atoms with van der Waals surface area (Å²) in [6.07, 6.45) is 1.40. The van der Waals surface area contributed by atoms with Crippen molar-refractivity contribution in [3.05, 3.63) is 0 Å². The topological polar surface area (TPSA) is 24.5 Å². The number of piperazine rings is 1. The number of nitrogens with one attached hydrogen (secondary N) is 1. The SMILES string of the molecule is CC1(N2CC3CC(C2)N3)COC1. The summed E-state index contributed by atoms with van der Waals surface area (Å²) in [6, 6.07) is 1.56. The molecule has 4 fully saturated rings. The third kappa shape index (κ3) is 0.873. The largest absolute Gasteiger partial charge is 0.377 e. The summed E-state index contributed by atoms with van der Waals surface area (Å²) in [6.45, 7) is 6.66. The summed E-state index contributed by atoms with van der Waals surface area (Å²) >= 11 is 0. The summed E-state index contributed by atoms with van der Waals surface area (Å²) in [7, 11) is 0. The first-order chi connectivity index (χ1) is 5.76. The molecule has 0 amide bonds. The summed E-state index contributed by atoms with van der Waals surface area (Å²) in [5.41, 5.74) is 0.374. The Kier molecular flexibility index (Phi) is 1.35. The van der Waals surface area contributed by atoms with Crippen molar-refractivity contribution in [1.29, 1.82) is 0 Å². The molecule has 0 aliphatic carbocycles. The third-order valence-corrected chi connectivity index (χ3v) is 3.51. The third-order valence-electron chi connectivity index (χ3n) is 3.51. The van der Waals surface area contributed by atoms with Gasteiger partial charge >= 0.3 is 0 Å². The first-order valence-corrected chi connectivity index (χ1v) is 4.85. The van der Waals surface area contributed by atoms with Crippen LogP contribution < -0.4 is 5.32 Å². The van der Waals surface area contributed by atoms with Crippen LogP contribution in [0.5, 0.6) is 0 Å². The van der Waals surface area contributed by atoms with Crippen LogP contribution in [0.3, 0.4) is 0 Å². The molecule has 68 valence electrons. The molecule has 4 aliphatic heterocycles. The van der Waals surface area contributed by atoms with E-state index in [-0.39, 0.29) is 0 Å². The van der Waals surface area contributed by atoms with E-state index < -0.39 is 0 Å². The van der Waals surface area contributed by atoms with Crippen molar-refractivity contribution in [3.63, 3.8) is 0 Å². The van der Waals surface area contributed by atoms with Gasteiger partial charge in [-0.3, -0.25) is 4.90 Å². The normalized spacial score (nSPS) is 44.8. The van der Waals surface area contributed by atoms with Gasteiger partial charge in [-0.1, -0.05) is 0 Å². The molecule has 0 aromatic heterocycles. The maximum Gasteiger partial charge on any atom is 0.0671 e. The fourth-order valence-corrected chi connectivity index (χ4v) is 2.53. The minimum absolute atomic E-state index is 0.374. The Hall–Kier alpha value is -0.120. The maximum absolute atomic E-state index is 5.28. The van der Waals surface area contributed by atoms with Crippen LogP contribution in [0.25, 0.3) is 0 Å². The van der Waals surface area contributed by atoms with Gasteiger partial charge in [0.2, 0.25) is 0 Å². The minimum Gasteiger partial charge on any atom is -0.377 e. The number of hydrogen-bond acceptors (Lipinski definition) is 3. The van der Waals surface area contributed by atoms with Crippen molar-refractivity contribution in [2.24, 2.45) is 0 Å². The van der Waals surface area contributed by atoms with Crippen LogP contribution >= 0.6 is 0 Å². The number of piperidine rings is 1. The molecule has 2 unspecified atom stereocenters. The number of fused-ring (bicyclic) bond motifs is 2. The predicted octanol–water partition coefficient (Wildman–Crippen LogP) is -0.179. The second-order valence-electron chi connectivity index (χ2n) is 4.69. The van der Waals surface area contributed by atoms with E-state index in [1.54, 1.807) is 0 Å². The molecule has 3 nitrogen and oxygen atoms in total. The zero-order valence-electron chi connectivity index (χ0n) is 7.55. The molecule has 0 radical (unpaired) electrons. The van der Waals surface area contributed by atoms with Crippen LogP contribution in [0.1, 0.15) is 13.3 Å². The zero-order valence-corrected chi connectivity index (χ0v) is 7.55. The van der Waals surface area contributed by atoms with Gasteiger partial charge in [-0.25, -0.2) is 0 Å². The van der Waals surface area contributed by atoms with E-state index in [1.165, 1.54) is 19.5 Å². The molecule has 3 heteroatoms. The Morgan fingerprint density at radius 3 is 2.33 bits per heavy atom. The lowest BCUT2D eigenvalue weighted by Crippen LogP contribution is -2.73. The van der Waals surface area contributed by atoms with E-state index in [1.807, 2.05) is 0 Å². The maximum atomic E-state index is 5.28. The molecule has 0 spiro atoms. The summed E-state index contributed by atoms with van der Waals surface area (Å²) in [5.74, 6) is 0. The molecule has 0 saturated carbocycles. The van der Waals surface area contributed by atoms with Gasteiger partial charge in [-0.15, -0.1) is 0 Å². The van der Waals surface area contributed by atoms with Gasteiger partial charge in [0.1, 0.15) is 0 Å². The van der Waals surface area contributed by atoms with Crippen LogP contribution in [-0.4, -0.2) is 48.8 Å². The van der Waals surface area contributed by atoms with Crippen LogP contribution in [0.2, 0.25) is 0 Å². The van der Waals surface area contributed by atoms with E-state index in [4.69, 9.17) is 4.74 Å². The quantitative estimate of drug-likeness (QED) is 0.588. The van der Waals surface area contributed by atoms with Crippen molar-refractivity contribution < 1.29 is 4.74 Å². The Labute approximate surface area is 73.1 Å². The Balaban J connectivity index is 1.69. The van der Waals surface area contributed by atoms with Crippen molar-refractivity contribution in [1.82, 2.24) is 10.2 Å². The highest BCUT2D eigenvalue weighted by Gasteiger charge is 2.46. The molecule has 2 atom stereocenters. The van der Waals surface area contributed by atoms with Gasteiger partial charge in [0.05, 0.1) is 18.8 Å². The highest BCUT2D eigenvalue weighted by molar-refractivity contribution is 5.04. The van der Waals surface area contributed by atoms with E-state index in [0.717, 1.165) is 25.3 Å². The molecule has 12 heavy (non-hydrogen) atoms. The summed E-state index contributed by atoms with van der Waals surface area (Å²) in [5, 5.41) is 3.55. The lowest BCUT2D eigenvalue weighted by atomic mass is 9.86.